The van der Waals surface area contributed by atoms with Crippen LogP contribution in [-0.4, -0.2) is 22.5 Å². The fourth-order valence-corrected chi connectivity index (χ4v) is 2.04. The summed E-state index contributed by atoms with van der Waals surface area (Å²) in [5.41, 5.74) is 0.735. The smallest absolute Gasteiger partial charge is 0.418 e. The number of carbonyl (C=O) groups excluding carboxylic acids is 2. The largest absolute Gasteiger partial charge is 0.433 e. The quantitative estimate of drug-likeness (QED) is 0.828. The van der Waals surface area contributed by atoms with Gasteiger partial charge in [0.25, 0.3) is 5.91 Å². The van der Waals surface area contributed by atoms with Crippen LogP contribution < -0.4 is 0 Å². The molecule has 18 heavy (non-hydrogen) atoms. The van der Waals surface area contributed by atoms with Gasteiger partial charge >= 0.3 is 6.09 Å². The van der Waals surface area contributed by atoms with Crippen molar-refractivity contribution in [1.82, 2.24) is 4.90 Å². The topological polar surface area (TPSA) is 46.6 Å². The fourth-order valence-electron chi connectivity index (χ4n) is 1.84. The van der Waals surface area contributed by atoms with Crippen LogP contribution in [0.2, 0.25) is 5.02 Å². The number of halogens is 1. The van der Waals surface area contributed by atoms with E-state index in [1.807, 2.05) is 13.0 Å². The lowest BCUT2D eigenvalue weighted by atomic mass is 10.1. The second kappa shape index (κ2) is 4.28. The van der Waals surface area contributed by atoms with E-state index in [0.29, 0.717) is 5.02 Å². The van der Waals surface area contributed by atoms with E-state index >= 15 is 0 Å². The van der Waals surface area contributed by atoms with E-state index in [2.05, 4.69) is 0 Å². The molecule has 0 unspecified atom stereocenters. The van der Waals surface area contributed by atoms with Gasteiger partial charge in [-0.1, -0.05) is 17.7 Å². The molecule has 1 heterocycles. The minimum atomic E-state index is -1.08. The Bertz CT molecular complexity index is 525. The molecule has 0 radical (unpaired) electrons. The third-order valence-corrected chi connectivity index (χ3v) is 3.20. The summed E-state index contributed by atoms with van der Waals surface area (Å²) in [6, 6.07) is 5.38. The van der Waals surface area contributed by atoms with Crippen LogP contribution in [0.1, 0.15) is 25.0 Å². The van der Waals surface area contributed by atoms with Crippen molar-refractivity contribution in [2.75, 3.05) is 0 Å². The molecular formula is C13H14ClNO3. The second-order valence-corrected chi connectivity index (χ2v) is 5.28. The average Bonchev–Trinajstić information content (AvgIpc) is 2.46. The average molecular weight is 268 g/mol. The van der Waals surface area contributed by atoms with E-state index in [1.54, 1.807) is 26.0 Å². The van der Waals surface area contributed by atoms with Crippen molar-refractivity contribution in [2.45, 2.75) is 32.9 Å². The molecule has 1 saturated heterocycles. The number of nitrogens with zero attached hydrogens (tertiary/aromatic N) is 1. The minimum absolute atomic E-state index is 0.188. The first-order valence-electron chi connectivity index (χ1n) is 5.61. The Morgan fingerprint density at radius 3 is 2.56 bits per heavy atom. The number of aryl methyl sites for hydroxylation is 1. The van der Waals surface area contributed by atoms with E-state index in [4.69, 9.17) is 16.3 Å². The van der Waals surface area contributed by atoms with Crippen molar-refractivity contribution in [3.63, 3.8) is 0 Å². The van der Waals surface area contributed by atoms with Gasteiger partial charge in [-0.3, -0.25) is 4.79 Å². The number of imide groups is 1. The van der Waals surface area contributed by atoms with Gasteiger partial charge in [-0.2, -0.15) is 0 Å². The predicted octanol–water partition coefficient (Wildman–Crippen LogP) is 2.91. The van der Waals surface area contributed by atoms with Gasteiger partial charge in [0.05, 0.1) is 6.54 Å². The number of rotatable bonds is 2. The van der Waals surface area contributed by atoms with Crippen molar-refractivity contribution in [3.05, 3.63) is 34.3 Å². The Morgan fingerprint density at radius 1 is 1.33 bits per heavy atom. The van der Waals surface area contributed by atoms with E-state index < -0.39 is 11.7 Å². The molecule has 1 fully saturated rings. The summed E-state index contributed by atoms with van der Waals surface area (Å²) in [4.78, 5) is 24.7. The zero-order chi connectivity index (χ0) is 13.5. The van der Waals surface area contributed by atoms with Crippen LogP contribution in [0.3, 0.4) is 0 Å². The molecule has 0 saturated carbocycles. The standard InChI is InChI=1S/C13H14ClNO3/c1-8-4-5-10(14)6-9(8)7-15-11(16)13(2,3)18-12(15)17/h4-6H,7H2,1-3H3. The van der Waals surface area contributed by atoms with E-state index in [1.165, 1.54) is 0 Å². The lowest BCUT2D eigenvalue weighted by molar-refractivity contribution is -0.134. The van der Waals surface area contributed by atoms with Crippen molar-refractivity contribution < 1.29 is 14.3 Å². The van der Waals surface area contributed by atoms with Crippen molar-refractivity contribution in [1.29, 1.82) is 0 Å². The summed E-state index contributed by atoms with van der Waals surface area (Å²) in [6.45, 7) is 5.26. The summed E-state index contributed by atoms with van der Waals surface area (Å²) < 4.78 is 5.02. The van der Waals surface area contributed by atoms with Gasteiger partial charge in [0.2, 0.25) is 0 Å². The lowest BCUT2D eigenvalue weighted by Crippen LogP contribution is -2.35. The molecule has 1 aromatic carbocycles. The summed E-state index contributed by atoms with van der Waals surface area (Å²) in [5.74, 6) is -0.327. The molecule has 96 valence electrons. The maximum atomic E-state index is 12.0. The van der Waals surface area contributed by atoms with E-state index in [0.717, 1.165) is 16.0 Å². The number of carbonyl (C=O) groups is 2. The van der Waals surface area contributed by atoms with Gasteiger partial charge in [0.15, 0.2) is 5.60 Å². The first kappa shape index (κ1) is 12.9. The van der Waals surface area contributed by atoms with Gasteiger partial charge < -0.3 is 4.74 Å². The molecule has 2 rings (SSSR count). The zero-order valence-corrected chi connectivity index (χ0v) is 11.2. The number of amides is 2. The number of cyclic esters (lactones) is 1. The van der Waals surface area contributed by atoms with Crippen LogP contribution in [-0.2, 0) is 16.1 Å². The molecule has 1 aliphatic heterocycles. The third-order valence-electron chi connectivity index (χ3n) is 2.96. The fraction of sp³-hybridized carbons (Fsp3) is 0.385. The molecule has 2 amide bonds. The first-order chi connectivity index (χ1) is 8.31. The molecule has 5 heteroatoms. The Balaban J connectivity index is 2.27. The molecule has 1 aromatic rings. The van der Waals surface area contributed by atoms with Crippen LogP contribution in [0.15, 0.2) is 18.2 Å². The molecule has 0 aliphatic carbocycles. The van der Waals surface area contributed by atoms with Gasteiger partial charge in [-0.05, 0) is 44.0 Å². The monoisotopic (exact) mass is 267 g/mol. The maximum absolute atomic E-state index is 12.0. The Hall–Kier alpha value is -1.55. The van der Waals surface area contributed by atoms with Crippen molar-refractivity contribution >= 4 is 23.6 Å². The SMILES string of the molecule is Cc1ccc(Cl)cc1CN1C(=O)OC(C)(C)C1=O. The molecule has 0 atom stereocenters. The highest BCUT2D eigenvalue weighted by atomic mass is 35.5. The number of hydrogen-bond donors (Lipinski definition) is 0. The second-order valence-electron chi connectivity index (χ2n) is 4.84. The van der Waals surface area contributed by atoms with Crippen LogP contribution >= 0.6 is 11.6 Å². The number of hydrogen-bond acceptors (Lipinski definition) is 3. The van der Waals surface area contributed by atoms with Crippen molar-refractivity contribution in [3.8, 4) is 0 Å². The van der Waals surface area contributed by atoms with Gasteiger partial charge in [0, 0.05) is 5.02 Å². The van der Waals surface area contributed by atoms with Gasteiger partial charge in [-0.25, -0.2) is 9.69 Å². The Morgan fingerprint density at radius 2 is 2.00 bits per heavy atom. The molecule has 0 spiro atoms. The van der Waals surface area contributed by atoms with Crippen LogP contribution in [0.5, 0.6) is 0 Å². The van der Waals surface area contributed by atoms with Crippen LogP contribution in [0.4, 0.5) is 4.79 Å². The zero-order valence-electron chi connectivity index (χ0n) is 10.5. The highest BCUT2D eigenvalue weighted by Crippen LogP contribution is 2.26. The molecule has 0 bridgehead atoms. The summed E-state index contributed by atoms with van der Waals surface area (Å²) in [6.07, 6.45) is -0.607. The Labute approximate surface area is 110 Å². The highest BCUT2D eigenvalue weighted by molar-refractivity contribution is 6.30. The molecular weight excluding hydrogens is 254 g/mol. The summed E-state index contributed by atoms with van der Waals surface area (Å²) >= 11 is 5.91. The van der Waals surface area contributed by atoms with Gasteiger partial charge in [0.1, 0.15) is 0 Å². The normalized spacial score (nSPS) is 18.1. The summed E-state index contributed by atoms with van der Waals surface area (Å²) in [5, 5.41) is 0.579. The lowest BCUT2D eigenvalue weighted by Gasteiger charge is -2.15. The number of benzene rings is 1. The predicted molar refractivity (Wildman–Crippen MR) is 67.3 cm³/mol. The third kappa shape index (κ3) is 2.20. The molecule has 1 aliphatic rings. The van der Waals surface area contributed by atoms with Crippen LogP contribution in [0, 0.1) is 6.92 Å². The molecule has 0 aromatic heterocycles. The summed E-state index contributed by atoms with van der Waals surface area (Å²) in [7, 11) is 0. The maximum Gasteiger partial charge on any atom is 0.418 e. The highest BCUT2D eigenvalue weighted by Gasteiger charge is 2.46. The van der Waals surface area contributed by atoms with E-state index in [-0.39, 0.29) is 12.5 Å². The Kier molecular flexibility index (Phi) is 3.07. The number of ether oxygens (including phenoxy) is 1. The van der Waals surface area contributed by atoms with Gasteiger partial charge in [-0.15, -0.1) is 0 Å². The first-order valence-corrected chi connectivity index (χ1v) is 5.99. The van der Waals surface area contributed by atoms with Crippen molar-refractivity contribution in [2.24, 2.45) is 0 Å². The minimum Gasteiger partial charge on any atom is -0.433 e. The van der Waals surface area contributed by atoms with E-state index in [9.17, 15) is 9.59 Å². The molecule has 4 nitrogen and oxygen atoms in total. The molecule has 0 N–H and O–H groups in total. The van der Waals surface area contributed by atoms with Crippen LogP contribution in [0.25, 0.3) is 0 Å².